The number of rotatable bonds is 1. The lowest BCUT2D eigenvalue weighted by Crippen LogP contribution is -2.35. The van der Waals surface area contributed by atoms with Crippen LogP contribution in [0.2, 0.25) is 0 Å². The molecule has 2 nitrogen and oxygen atoms in total. The number of phenols is 1. The fraction of sp³-hybridized carbons (Fsp3) is 0.450. The first-order valence-corrected chi connectivity index (χ1v) is 8.25. The molecule has 2 heteroatoms. The highest BCUT2D eigenvalue weighted by atomic mass is 16.3. The summed E-state index contributed by atoms with van der Waals surface area (Å²) in [5, 5.41) is 12.1. The lowest BCUT2D eigenvalue weighted by molar-refractivity contribution is -0.124. The summed E-state index contributed by atoms with van der Waals surface area (Å²) in [5.74, 6) is 1.41. The van der Waals surface area contributed by atoms with E-state index in [9.17, 15) is 9.90 Å². The number of carbonyl (C=O) groups is 1. The van der Waals surface area contributed by atoms with Crippen LogP contribution in [0.25, 0.3) is 10.8 Å². The molecule has 3 atom stereocenters. The molecule has 0 unspecified atom stereocenters. The molecule has 2 aliphatic rings. The van der Waals surface area contributed by atoms with Gasteiger partial charge in [-0.15, -0.1) is 0 Å². The zero-order valence-corrected chi connectivity index (χ0v) is 13.2. The molecule has 1 saturated carbocycles. The molecule has 1 N–H and O–H groups in total. The van der Waals surface area contributed by atoms with Gasteiger partial charge in [-0.2, -0.15) is 0 Å². The summed E-state index contributed by atoms with van der Waals surface area (Å²) in [4.78, 5) is 12.0. The van der Waals surface area contributed by atoms with Gasteiger partial charge in [-0.25, -0.2) is 0 Å². The summed E-state index contributed by atoms with van der Waals surface area (Å²) in [6, 6.07) is 10.0. The summed E-state index contributed by atoms with van der Waals surface area (Å²) in [6.45, 7) is 4.08. The van der Waals surface area contributed by atoms with Gasteiger partial charge in [0.25, 0.3) is 0 Å². The number of aromatic hydroxyl groups is 1. The smallest absolute Gasteiger partial charge is 0.133 e. The van der Waals surface area contributed by atoms with Gasteiger partial charge in [0.1, 0.15) is 11.5 Å². The van der Waals surface area contributed by atoms with Gasteiger partial charge in [0.15, 0.2) is 0 Å². The maximum absolute atomic E-state index is 12.0. The number of fused-ring (bicyclic) bond motifs is 5. The lowest BCUT2D eigenvalue weighted by Gasteiger charge is -2.41. The van der Waals surface area contributed by atoms with Gasteiger partial charge < -0.3 is 5.11 Å². The molecule has 0 amide bonds. The van der Waals surface area contributed by atoms with Gasteiger partial charge >= 0.3 is 0 Å². The maximum Gasteiger partial charge on any atom is 0.133 e. The molecule has 0 aromatic heterocycles. The number of hydrogen-bond donors (Lipinski definition) is 1. The Morgan fingerprint density at radius 3 is 2.82 bits per heavy atom. The van der Waals surface area contributed by atoms with E-state index in [0.717, 1.165) is 31.1 Å². The van der Waals surface area contributed by atoms with E-state index in [2.05, 4.69) is 19.1 Å². The third-order valence-corrected chi connectivity index (χ3v) is 6.27. The van der Waals surface area contributed by atoms with Crippen LogP contribution >= 0.6 is 0 Å². The molecule has 0 aliphatic heterocycles. The minimum Gasteiger partial charge on any atom is -0.508 e. The Bertz CT molecular complexity index is 777. The third-order valence-electron chi connectivity index (χ3n) is 6.27. The lowest BCUT2D eigenvalue weighted by atomic mass is 9.62. The Hall–Kier alpha value is -1.83. The van der Waals surface area contributed by atoms with Crippen molar-refractivity contribution in [3.05, 3.63) is 41.5 Å². The van der Waals surface area contributed by atoms with Gasteiger partial charge in [0.2, 0.25) is 0 Å². The molecule has 1 fully saturated rings. The molecule has 22 heavy (non-hydrogen) atoms. The van der Waals surface area contributed by atoms with Gasteiger partial charge in [0.05, 0.1) is 0 Å². The standard InChI is InChI=1S/C20H22O2/c1-12(21)18-7-8-19-17-5-3-13-11-14(22)4-6-15(13)16(17)9-10-20(18,19)2/h3-6,11,18-19,22H,7-10H2,1-2H3/t18-,19+,20-/m1/s1. The summed E-state index contributed by atoms with van der Waals surface area (Å²) in [5.41, 5.74) is 3.00. The molecule has 0 bridgehead atoms. The number of benzene rings is 2. The maximum atomic E-state index is 12.0. The van der Waals surface area contributed by atoms with E-state index in [1.807, 2.05) is 12.1 Å². The predicted octanol–water partition coefficient (Wildman–Crippen LogP) is 4.58. The Morgan fingerprint density at radius 2 is 2.05 bits per heavy atom. The first-order chi connectivity index (χ1) is 10.5. The first kappa shape index (κ1) is 13.8. The molecule has 4 rings (SSSR count). The molecule has 2 aliphatic carbocycles. The van der Waals surface area contributed by atoms with Crippen molar-refractivity contribution in [3.63, 3.8) is 0 Å². The van der Waals surface area contributed by atoms with Crippen molar-refractivity contribution >= 4 is 16.6 Å². The molecule has 0 heterocycles. The second kappa shape index (κ2) is 4.58. The van der Waals surface area contributed by atoms with E-state index in [1.54, 1.807) is 13.0 Å². The highest BCUT2D eigenvalue weighted by Gasteiger charge is 2.51. The number of hydrogen-bond acceptors (Lipinski definition) is 2. The Kier molecular flexibility index (Phi) is 2.87. The fourth-order valence-corrected chi connectivity index (χ4v) is 5.16. The Morgan fingerprint density at radius 1 is 1.23 bits per heavy atom. The second-order valence-corrected chi connectivity index (χ2v) is 7.34. The number of phenolic OH excluding ortho intramolecular Hbond substituents is 1. The SMILES string of the molecule is CC(=O)[C@H]1CC[C@H]2c3ccc4cc(O)ccc4c3CC[C@]12C. The minimum absolute atomic E-state index is 0.128. The second-order valence-electron chi connectivity index (χ2n) is 7.34. The molecule has 2 aromatic rings. The molecule has 2 aromatic carbocycles. The van der Waals surface area contributed by atoms with Crippen LogP contribution in [-0.2, 0) is 11.2 Å². The number of ketones is 1. The monoisotopic (exact) mass is 294 g/mol. The molecule has 114 valence electrons. The first-order valence-electron chi connectivity index (χ1n) is 8.25. The van der Waals surface area contributed by atoms with Crippen LogP contribution in [0, 0.1) is 11.3 Å². The highest BCUT2D eigenvalue weighted by molar-refractivity contribution is 5.89. The van der Waals surface area contributed by atoms with Crippen molar-refractivity contribution in [2.45, 2.75) is 45.4 Å². The van der Waals surface area contributed by atoms with Crippen LogP contribution in [0.4, 0.5) is 0 Å². The summed E-state index contributed by atoms with van der Waals surface area (Å²) >= 11 is 0. The molecule has 0 saturated heterocycles. The number of carbonyl (C=O) groups excluding carboxylic acids is 1. The zero-order valence-electron chi connectivity index (χ0n) is 13.2. The van der Waals surface area contributed by atoms with Crippen molar-refractivity contribution in [1.29, 1.82) is 0 Å². The van der Waals surface area contributed by atoms with Crippen molar-refractivity contribution < 1.29 is 9.90 Å². The van der Waals surface area contributed by atoms with E-state index in [-0.39, 0.29) is 11.3 Å². The number of Topliss-reactive ketones (excluding diaryl/α,β-unsaturated/α-hetero) is 1. The third kappa shape index (κ3) is 1.76. The van der Waals surface area contributed by atoms with Crippen molar-refractivity contribution in [1.82, 2.24) is 0 Å². The van der Waals surface area contributed by atoms with E-state index >= 15 is 0 Å². The normalized spacial score (nSPS) is 30.1. The van der Waals surface area contributed by atoms with Gasteiger partial charge in [-0.3, -0.25) is 4.79 Å². The van der Waals surface area contributed by atoms with E-state index in [0.29, 0.717) is 17.5 Å². The van der Waals surface area contributed by atoms with E-state index < -0.39 is 0 Å². The van der Waals surface area contributed by atoms with Crippen molar-refractivity contribution in [2.75, 3.05) is 0 Å². The van der Waals surface area contributed by atoms with Gasteiger partial charge in [-0.1, -0.05) is 25.1 Å². The molecule has 0 spiro atoms. The predicted molar refractivity (Wildman–Crippen MR) is 88.2 cm³/mol. The summed E-state index contributed by atoms with van der Waals surface area (Å²) in [7, 11) is 0. The minimum atomic E-state index is 0.128. The van der Waals surface area contributed by atoms with Gasteiger partial charge in [0, 0.05) is 5.92 Å². The van der Waals surface area contributed by atoms with Crippen LogP contribution in [0.15, 0.2) is 30.3 Å². The fourth-order valence-electron chi connectivity index (χ4n) is 5.16. The van der Waals surface area contributed by atoms with Crippen LogP contribution in [-0.4, -0.2) is 10.9 Å². The average molecular weight is 294 g/mol. The van der Waals surface area contributed by atoms with Crippen molar-refractivity contribution in [2.24, 2.45) is 11.3 Å². The summed E-state index contributed by atoms with van der Waals surface area (Å²) < 4.78 is 0. The largest absolute Gasteiger partial charge is 0.508 e. The average Bonchev–Trinajstić information content (AvgIpc) is 2.84. The molecule has 0 radical (unpaired) electrons. The van der Waals surface area contributed by atoms with E-state index in [1.165, 1.54) is 16.5 Å². The molecular formula is C20H22O2. The van der Waals surface area contributed by atoms with Gasteiger partial charge in [-0.05, 0) is 78.0 Å². The van der Waals surface area contributed by atoms with Crippen LogP contribution in [0.5, 0.6) is 5.75 Å². The Balaban J connectivity index is 1.87. The quantitative estimate of drug-likeness (QED) is 0.836. The van der Waals surface area contributed by atoms with Crippen molar-refractivity contribution in [3.8, 4) is 5.75 Å². The van der Waals surface area contributed by atoms with Crippen LogP contribution in [0.3, 0.4) is 0 Å². The summed E-state index contributed by atoms with van der Waals surface area (Å²) in [6.07, 6.45) is 4.28. The molecular weight excluding hydrogens is 272 g/mol. The van der Waals surface area contributed by atoms with E-state index in [4.69, 9.17) is 0 Å². The van der Waals surface area contributed by atoms with Crippen LogP contribution in [0.1, 0.15) is 50.2 Å². The van der Waals surface area contributed by atoms with Crippen LogP contribution < -0.4 is 0 Å². The number of aryl methyl sites for hydroxylation is 1. The highest BCUT2D eigenvalue weighted by Crippen LogP contribution is 2.59. The Labute approximate surface area is 131 Å². The topological polar surface area (TPSA) is 37.3 Å². The zero-order chi connectivity index (χ0) is 15.5.